The number of allylic oxidation sites excluding steroid dienone is 9. The SMILES string of the molecule is CC/C=C\C/C=C\C/C=C\C/C=C\CCCCC(=O)NC(CO)C(O)/C=C/CCCCCCCCCCCCCCCCCCCCCCC. The highest BCUT2D eigenvalue weighted by Gasteiger charge is 2.17. The Balaban J connectivity index is 3.61. The third kappa shape index (κ3) is 37.3. The highest BCUT2D eigenvalue weighted by molar-refractivity contribution is 5.76. The van der Waals surface area contributed by atoms with E-state index >= 15 is 0 Å². The van der Waals surface area contributed by atoms with E-state index in [-0.39, 0.29) is 12.5 Å². The van der Waals surface area contributed by atoms with Crippen LogP contribution in [0.5, 0.6) is 0 Å². The van der Waals surface area contributed by atoms with Gasteiger partial charge in [0.1, 0.15) is 0 Å². The fourth-order valence-electron chi connectivity index (χ4n) is 6.23. The van der Waals surface area contributed by atoms with E-state index < -0.39 is 12.1 Å². The minimum atomic E-state index is -0.858. The number of unbranched alkanes of at least 4 members (excludes halogenated alkanes) is 23. The summed E-state index contributed by atoms with van der Waals surface area (Å²) in [6.45, 7) is 4.17. The number of carbonyl (C=O) groups excluding carboxylic acids is 1. The van der Waals surface area contributed by atoms with Crippen LogP contribution in [0.1, 0.15) is 206 Å². The van der Waals surface area contributed by atoms with Crippen LogP contribution in [0.3, 0.4) is 0 Å². The van der Waals surface area contributed by atoms with Crippen LogP contribution in [-0.4, -0.2) is 34.9 Å². The van der Waals surface area contributed by atoms with Crippen LogP contribution >= 0.6 is 0 Å². The number of aliphatic hydroxyl groups excluding tert-OH is 2. The predicted octanol–water partition coefficient (Wildman–Crippen LogP) is 13.3. The quantitative estimate of drug-likeness (QED) is 0.0444. The van der Waals surface area contributed by atoms with Crippen molar-refractivity contribution in [2.75, 3.05) is 6.61 Å². The van der Waals surface area contributed by atoms with E-state index in [9.17, 15) is 15.0 Å². The van der Waals surface area contributed by atoms with Gasteiger partial charge in [-0.1, -0.05) is 203 Å². The summed E-state index contributed by atoms with van der Waals surface area (Å²) in [4.78, 5) is 12.3. The van der Waals surface area contributed by atoms with Gasteiger partial charge in [-0.3, -0.25) is 4.79 Å². The molecule has 4 nitrogen and oxygen atoms in total. The largest absolute Gasteiger partial charge is 0.394 e. The first-order valence-electron chi connectivity index (χ1n) is 21.5. The molecular formula is C46H83NO3. The summed E-state index contributed by atoms with van der Waals surface area (Å²) in [5.41, 5.74) is 0. The van der Waals surface area contributed by atoms with Gasteiger partial charge in [-0.15, -0.1) is 0 Å². The smallest absolute Gasteiger partial charge is 0.220 e. The monoisotopic (exact) mass is 698 g/mol. The molecule has 0 radical (unpaired) electrons. The summed E-state index contributed by atoms with van der Waals surface area (Å²) < 4.78 is 0. The van der Waals surface area contributed by atoms with Crippen molar-refractivity contribution in [1.82, 2.24) is 5.32 Å². The molecule has 0 bridgehead atoms. The second-order valence-electron chi connectivity index (χ2n) is 14.4. The molecule has 0 aliphatic carbocycles. The second kappa shape index (κ2) is 41.5. The summed E-state index contributed by atoms with van der Waals surface area (Å²) in [6, 6.07) is -0.646. The van der Waals surface area contributed by atoms with E-state index in [0.717, 1.165) is 57.8 Å². The molecule has 50 heavy (non-hydrogen) atoms. The topological polar surface area (TPSA) is 69.6 Å². The molecule has 0 aromatic carbocycles. The average Bonchev–Trinajstić information content (AvgIpc) is 3.12. The minimum Gasteiger partial charge on any atom is -0.394 e. The van der Waals surface area contributed by atoms with Gasteiger partial charge in [0, 0.05) is 6.42 Å². The molecule has 0 spiro atoms. The standard InChI is InChI=1S/C46H83NO3/c1-3-5-7-9-11-13-15-17-19-20-21-22-23-24-25-26-28-29-31-33-35-37-39-41-45(49)44(43-48)47-46(50)42-40-38-36-34-32-30-27-18-16-14-12-10-8-6-4-2/h6,8,12,14,18,27,32,34,39,41,44-45,48-49H,3-5,7,9-11,13,15-17,19-26,28-31,33,35-38,40,42-43H2,1-2H3,(H,47,50)/b8-6-,14-12-,27-18-,34-32-,41-39+. The zero-order valence-electron chi connectivity index (χ0n) is 33.2. The Morgan fingerprint density at radius 2 is 0.880 bits per heavy atom. The van der Waals surface area contributed by atoms with Crippen molar-refractivity contribution in [3.05, 3.63) is 60.8 Å². The van der Waals surface area contributed by atoms with Crippen molar-refractivity contribution in [3.63, 3.8) is 0 Å². The number of carbonyl (C=O) groups is 1. The van der Waals surface area contributed by atoms with E-state index in [2.05, 4.69) is 67.8 Å². The molecule has 2 atom stereocenters. The third-order valence-corrected chi connectivity index (χ3v) is 9.51. The molecule has 2 unspecified atom stereocenters. The zero-order valence-corrected chi connectivity index (χ0v) is 33.2. The molecule has 3 N–H and O–H groups in total. The molecule has 0 aromatic heterocycles. The van der Waals surface area contributed by atoms with Gasteiger partial charge in [0.15, 0.2) is 0 Å². The maximum atomic E-state index is 12.3. The van der Waals surface area contributed by atoms with Crippen LogP contribution in [0, 0.1) is 0 Å². The lowest BCUT2D eigenvalue weighted by molar-refractivity contribution is -0.123. The van der Waals surface area contributed by atoms with Crippen LogP contribution in [0.25, 0.3) is 0 Å². The molecule has 0 aromatic rings. The minimum absolute atomic E-state index is 0.106. The molecule has 290 valence electrons. The lowest BCUT2D eigenvalue weighted by atomic mass is 10.0. The van der Waals surface area contributed by atoms with Gasteiger partial charge in [-0.2, -0.15) is 0 Å². The van der Waals surface area contributed by atoms with Crippen LogP contribution in [0.2, 0.25) is 0 Å². The second-order valence-corrected chi connectivity index (χ2v) is 14.4. The summed E-state index contributed by atoms with van der Waals surface area (Å²) in [5.74, 6) is -0.106. The van der Waals surface area contributed by atoms with Crippen LogP contribution in [-0.2, 0) is 4.79 Å². The average molecular weight is 698 g/mol. The number of rotatable bonds is 38. The van der Waals surface area contributed by atoms with Gasteiger partial charge in [-0.25, -0.2) is 0 Å². The van der Waals surface area contributed by atoms with E-state index in [1.165, 1.54) is 128 Å². The summed E-state index contributed by atoms with van der Waals surface area (Å²) in [6.07, 6.45) is 57.6. The summed E-state index contributed by atoms with van der Waals surface area (Å²) >= 11 is 0. The predicted molar refractivity (Wildman–Crippen MR) is 221 cm³/mol. The zero-order chi connectivity index (χ0) is 36.4. The molecule has 0 saturated heterocycles. The Morgan fingerprint density at radius 3 is 1.32 bits per heavy atom. The molecule has 4 heteroatoms. The van der Waals surface area contributed by atoms with Gasteiger partial charge in [0.25, 0.3) is 0 Å². The van der Waals surface area contributed by atoms with Gasteiger partial charge in [-0.05, 0) is 57.8 Å². The first kappa shape index (κ1) is 48.1. The maximum Gasteiger partial charge on any atom is 0.220 e. The lowest BCUT2D eigenvalue weighted by Gasteiger charge is -2.19. The van der Waals surface area contributed by atoms with Gasteiger partial charge >= 0.3 is 0 Å². The molecule has 0 saturated carbocycles. The first-order chi connectivity index (χ1) is 24.7. The van der Waals surface area contributed by atoms with Crippen molar-refractivity contribution in [1.29, 1.82) is 0 Å². The van der Waals surface area contributed by atoms with E-state index in [1.54, 1.807) is 6.08 Å². The van der Waals surface area contributed by atoms with Gasteiger partial charge in [0.2, 0.25) is 5.91 Å². The molecular weight excluding hydrogens is 615 g/mol. The van der Waals surface area contributed by atoms with Gasteiger partial charge in [0.05, 0.1) is 18.8 Å². The van der Waals surface area contributed by atoms with Crippen molar-refractivity contribution in [2.24, 2.45) is 0 Å². The van der Waals surface area contributed by atoms with Crippen molar-refractivity contribution in [2.45, 2.75) is 219 Å². The fourth-order valence-corrected chi connectivity index (χ4v) is 6.23. The van der Waals surface area contributed by atoms with Crippen molar-refractivity contribution in [3.8, 4) is 0 Å². The Kier molecular flexibility index (Phi) is 39.9. The van der Waals surface area contributed by atoms with Gasteiger partial charge < -0.3 is 15.5 Å². The fraction of sp³-hybridized carbons (Fsp3) is 0.761. The molecule has 0 aliphatic heterocycles. The van der Waals surface area contributed by atoms with Crippen LogP contribution < -0.4 is 5.32 Å². The molecule has 0 fully saturated rings. The summed E-state index contributed by atoms with van der Waals surface area (Å²) in [5, 5.41) is 23.0. The molecule has 0 heterocycles. The number of amides is 1. The van der Waals surface area contributed by atoms with Crippen LogP contribution in [0.4, 0.5) is 0 Å². The molecule has 0 aliphatic rings. The Morgan fingerprint density at radius 1 is 0.500 bits per heavy atom. The molecule has 0 rings (SSSR count). The first-order valence-corrected chi connectivity index (χ1v) is 21.5. The lowest BCUT2D eigenvalue weighted by Crippen LogP contribution is -2.45. The molecule has 1 amide bonds. The van der Waals surface area contributed by atoms with Crippen molar-refractivity contribution >= 4 is 5.91 Å². The van der Waals surface area contributed by atoms with Crippen molar-refractivity contribution < 1.29 is 15.0 Å². The normalized spacial score (nSPS) is 13.6. The van der Waals surface area contributed by atoms with E-state index in [4.69, 9.17) is 0 Å². The highest BCUT2D eigenvalue weighted by atomic mass is 16.3. The summed E-state index contributed by atoms with van der Waals surface area (Å²) in [7, 11) is 0. The van der Waals surface area contributed by atoms with E-state index in [1.807, 2.05) is 6.08 Å². The Labute approximate surface area is 311 Å². The highest BCUT2D eigenvalue weighted by Crippen LogP contribution is 2.15. The maximum absolute atomic E-state index is 12.3. The Hall–Kier alpha value is -1.91. The Bertz CT molecular complexity index is 842. The number of aliphatic hydroxyl groups is 2. The third-order valence-electron chi connectivity index (χ3n) is 9.51. The number of nitrogens with one attached hydrogen (secondary N) is 1. The van der Waals surface area contributed by atoms with Crippen LogP contribution in [0.15, 0.2) is 60.8 Å². The number of hydrogen-bond donors (Lipinski definition) is 3. The van der Waals surface area contributed by atoms with E-state index in [0.29, 0.717) is 6.42 Å². The number of hydrogen-bond acceptors (Lipinski definition) is 3.